The van der Waals surface area contributed by atoms with E-state index in [9.17, 15) is 12.8 Å². The summed E-state index contributed by atoms with van der Waals surface area (Å²) >= 11 is 0. The van der Waals surface area contributed by atoms with E-state index < -0.39 is 21.9 Å². The Balaban J connectivity index is 2.32. The number of nitrogen functional groups attached to an aromatic ring is 1. The number of halogens is 1. The first kappa shape index (κ1) is 15.3. The summed E-state index contributed by atoms with van der Waals surface area (Å²) in [5, 5.41) is 0. The highest BCUT2D eigenvalue weighted by Crippen LogP contribution is 2.29. The molecule has 0 bridgehead atoms. The molecule has 0 aliphatic heterocycles. The van der Waals surface area contributed by atoms with Gasteiger partial charge in [0.25, 0.3) is 0 Å². The third-order valence-electron chi connectivity index (χ3n) is 2.86. The van der Waals surface area contributed by atoms with Crippen molar-refractivity contribution in [2.24, 2.45) is 0 Å². The van der Waals surface area contributed by atoms with Gasteiger partial charge in [0.05, 0.1) is 30.0 Å². The topological polar surface area (TPSA) is 94.6 Å². The number of rotatable bonds is 5. The van der Waals surface area contributed by atoms with E-state index in [4.69, 9.17) is 14.9 Å². The van der Waals surface area contributed by atoms with Crippen LogP contribution in [0.15, 0.2) is 39.8 Å². The first-order chi connectivity index (χ1) is 9.85. The van der Waals surface area contributed by atoms with Gasteiger partial charge in [0, 0.05) is 0 Å². The maximum Gasteiger partial charge on any atom is 0.241 e. The van der Waals surface area contributed by atoms with Crippen molar-refractivity contribution in [2.45, 2.75) is 17.9 Å². The molecule has 0 aliphatic rings. The Bertz CT molecular complexity index is 706. The van der Waals surface area contributed by atoms with Crippen molar-refractivity contribution in [2.75, 3.05) is 12.8 Å². The second kappa shape index (κ2) is 5.74. The van der Waals surface area contributed by atoms with Gasteiger partial charge in [0.2, 0.25) is 10.0 Å². The predicted molar refractivity (Wildman–Crippen MR) is 74.8 cm³/mol. The zero-order valence-electron chi connectivity index (χ0n) is 11.5. The van der Waals surface area contributed by atoms with Gasteiger partial charge in [-0.2, -0.15) is 0 Å². The van der Waals surface area contributed by atoms with Gasteiger partial charge < -0.3 is 14.9 Å². The molecule has 0 aliphatic carbocycles. The largest absolute Gasteiger partial charge is 0.492 e. The summed E-state index contributed by atoms with van der Waals surface area (Å²) in [6, 6.07) is 4.67. The van der Waals surface area contributed by atoms with Crippen molar-refractivity contribution < 1.29 is 22.0 Å². The Morgan fingerprint density at radius 3 is 2.67 bits per heavy atom. The van der Waals surface area contributed by atoms with Crippen LogP contribution in [0, 0.1) is 5.82 Å². The smallest absolute Gasteiger partial charge is 0.241 e. The summed E-state index contributed by atoms with van der Waals surface area (Å²) in [4.78, 5) is -0.281. The number of hydrogen-bond donors (Lipinski definition) is 2. The molecule has 0 amide bonds. The van der Waals surface area contributed by atoms with E-state index in [1.165, 1.54) is 13.4 Å². The van der Waals surface area contributed by atoms with E-state index in [-0.39, 0.29) is 16.3 Å². The van der Waals surface area contributed by atoms with E-state index in [0.717, 1.165) is 12.1 Å². The molecule has 2 rings (SSSR count). The molecule has 0 fully saturated rings. The maximum atomic E-state index is 13.7. The molecule has 6 nitrogen and oxygen atoms in total. The van der Waals surface area contributed by atoms with Crippen LogP contribution in [0.3, 0.4) is 0 Å². The number of hydrogen-bond acceptors (Lipinski definition) is 5. The summed E-state index contributed by atoms with van der Waals surface area (Å²) in [6.07, 6.45) is 1.44. The second-order valence-electron chi connectivity index (χ2n) is 4.39. The lowest BCUT2D eigenvalue weighted by Gasteiger charge is -2.13. The summed E-state index contributed by atoms with van der Waals surface area (Å²) in [6.45, 7) is 1.61. The number of ether oxygens (including phenoxy) is 1. The molecule has 1 heterocycles. The number of nitrogens with two attached hydrogens (primary N) is 1. The van der Waals surface area contributed by atoms with Crippen LogP contribution in [0.5, 0.6) is 5.75 Å². The molecule has 2 aromatic rings. The van der Waals surface area contributed by atoms with Gasteiger partial charge in [-0.1, -0.05) is 0 Å². The van der Waals surface area contributed by atoms with E-state index >= 15 is 0 Å². The van der Waals surface area contributed by atoms with Gasteiger partial charge in [-0.15, -0.1) is 0 Å². The molecule has 114 valence electrons. The van der Waals surface area contributed by atoms with Crippen molar-refractivity contribution in [1.82, 2.24) is 4.72 Å². The van der Waals surface area contributed by atoms with Crippen molar-refractivity contribution in [1.29, 1.82) is 0 Å². The van der Waals surface area contributed by atoms with E-state index in [2.05, 4.69) is 4.72 Å². The van der Waals surface area contributed by atoms with E-state index in [1.807, 2.05) is 0 Å². The molecule has 0 saturated carbocycles. The van der Waals surface area contributed by atoms with E-state index in [0.29, 0.717) is 5.76 Å². The van der Waals surface area contributed by atoms with Crippen LogP contribution in [0.1, 0.15) is 18.7 Å². The normalized spacial score (nSPS) is 13.1. The standard InChI is InChI=1S/C13H15FN2O4S/c1-8(12-4-3-5-20-12)16-21(17,18)9-6-10(14)13(19-2)11(15)7-9/h3-8,16H,15H2,1-2H3. The fraction of sp³-hybridized carbons (Fsp3) is 0.231. The van der Waals surface area contributed by atoms with Gasteiger partial charge >= 0.3 is 0 Å². The van der Waals surface area contributed by atoms with Crippen LogP contribution in [0.2, 0.25) is 0 Å². The number of sulfonamides is 1. The monoisotopic (exact) mass is 314 g/mol. The average molecular weight is 314 g/mol. The fourth-order valence-electron chi connectivity index (χ4n) is 1.86. The number of methoxy groups -OCH3 is 1. The van der Waals surface area contributed by atoms with E-state index in [1.54, 1.807) is 19.1 Å². The lowest BCUT2D eigenvalue weighted by Crippen LogP contribution is -2.27. The predicted octanol–water partition coefficient (Wildman–Crippen LogP) is 2.05. The molecule has 0 radical (unpaired) electrons. The van der Waals surface area contributed by atoms with Gasteiger partial charge in [-0.25, -0.2) is 17.5 Å². The minimum Gasteiger partial charge on any atom is -0.492 e. The zero-order valence-corrected chi connectivity index (χ0v) is 12.3. The SMILES string of the molecule is COc1c(N)cc(S(=O)(=O)NC(C)c2ccco2)cc1F. The summed E-state index contributed by atoms with van der Waals surface area (Å²) in [5.74, 6) is -0.586. The van der Waals surface area contributed by atoms with Crippen molar-refractivity contribution in [3.63, 3.8) is 0 Å². The van der Waals surface area contributed by atoms with Crippen molar-refractivity contribution in [3.05, 3.63) is 42.1 Å². The number of nitrogens with one attached hydrogen (secondary N) is 1. The van der Waals surface area contributed by atoms with Crippen LogP contribution in [0.25, 0.3) is 0 Å². The molecule has 1 aromatic carbocycles. The lowest BCUT2D eigenvalue weighted by molar-refractivity contribution is 0.388. The van der Waals surface area contributed by atoms with Gasteiger partial charge in [0.15, 0.2) is 11.6 Å². The second-order valence-corrected chi connectivity index (χ2v) is 6.10. The number of benzene rings is 1. The fourth-order valence-corrected chi connectivity index (χ4v) is 3.11. The maximum absolute atomic E-state index is 13.7. The highest BCUT2D eigenvalue weighted by atomic mass is 32.2. The lowest BCUT2D eigenvalue weighted by atomic mass is 10.3. The minimum atomic E-state index is -3.94. The zero-order chi connectivity index (χ0) is 15.6. The number of anilines is 1. The Hall–Kier alpha value is -2.06. The van der Waals surface area contributed by atoms with Crippen LogP contribution in [-0.4, -0.2) is 15.5 Å². The Kier molecular flexibility index (Phi) is 4.19. The molecule has 21 heavy (non-hydrogen) atoms. The minimum absolute atomic E-state index is 0.0940. The van der Waals surface area contributed by atoms with Crippen LogP contribution in [-0.2, 0) is 10.0 Å². The highest BCUT2D eigenvalue weighted by molar-refractivity contribution is 7.89. The Labute approximate surface area is 121 Å². The first-order valence-corrected chi connectivity index (χ1v) is 7.52. The molecule has 8 heteroatoms. The Morgan fingerprint density at radius 2 is 2.14 bits per heavy atom. The van der Waals surface area contributed by atoms with Crippen LogP contribution < -0.4 is 15.2 Å². The molecule has 1 atom stereocenters. The molecule has 1 unspecified atom stereocenters. The molecule has 1 aromatic heterocycles. The molecular formula is C13H15FN2O4S. The highest BCUT2D eigenvalue weighted by Gasteiger charge is 2.22. The van der Waals surface area contributed by atoms with Crippen LogP contribution in [0.4, 0.5) is 10.1 Å². The summed E-state index contributed by atoms with van der Waals surface area (Å²) in [7, 11) is -2.69. The summed E-state index contributed by atoms with van der Waals surface area (Å²) in [5.41, 5.74) is 5.49. The van der Waals surface area contributed by atoms with Gasteiger partial charge in [0.1, 0.15) is 5.76 Å². The first-order valence-electron chi connectivity index (χ1n) is 6.04. The van der Waals surface area contributed by atoms with Gasteiger partial charge in [-0.3, -0.25) is 0 Å². The molecular weight excluding hydrogens is 299 g/mol. The Morgan fingerprint density at radius 1 is 1.43 bits per heavy atom. The molecule has 0 saturated heterocycles. The van der Waals surface area contributed by atoms with Gasteiger partial charge in [-0.05, 0) is 31.2 Å². The van der Waals surface area contributed by atoms with Crippen LogP contribution >= 0.6 is 0 Å². The number of furan rings is 1. The third-order valence-corrected chi connectivity index (χ3v) is 4.38. The molecule has 0 spiro atoms. The third kappa shape index (κ3) is 3.17. The summed E-state index contributed by atoms with van der Waals surface area (Å²) < 4.78 is 50.4. The van der Waals surface area contributed by atoms with Crippen molar-refractivity contribution >= 4 is 15.7 Å². The average Bonchev–Trinajstić information content (AvgIpc) is 2.91. The van der Waals surface area contributed by atoms with Crippen molar-refractivity contribution in [3.8, 4) is 5.75 Å². The molecule has 3 N–H and O–H groups in total. The quantitative estimate of drug-likeness (QED) is 0.824.